The number of benzene rings is 5. The van der Waals surface area contributed by atoms with E-state index in [4.69, 9.17) is 19.4 Å². The summed E-state index contributed by atoms with van der Waals surface area (Å²) in [7, 11) is -1.72. The molecule has 0 unspecified atom stereocenters. The predicted molar refractivity (Wildman–Crippen MR) is 183 cm³/mol. The molecule has 0 bridgehead atoms. The Morgan fingerprint density at radius 3 is 2.21 bits per heavy atom. The van der Waals surface area contributed by atoms with E-state index in [0.29, 0.717) is 17.6 Å². The third-order valence-electron chi connectivity index (χ3n) is 8.07. The summed E-state index contributed by atoms with van der Waals surface area (Å²) < 4.78 is 9.74. The SMILES string of the molecule is C[Si](C)(C)c1ccccc1-c1nc(-c2ccccc2)nc(-n2c3ccc(Br)cc3c3ccc4c5ccccc5oc4c32)n1. The van der Waals surface area contributed by atoms with Gasteiger partial charge in [-0.3, -0.25) is 4.57 Å². The zero-order chi connectivity index (χ0) is 29.3. The van der Waals surface area contributed by atoms with Crippen molar-refractivity contribution in [3.63, 3.8) is 0 Å². The summed E-state index contributed by atoms with van der Waals surface area (Å²) >= 11 is 3.70. The Morgan fingerprint density at radius 2 is 1.37 bits per heavy atom. The van der Waals surface area contributed by atoms with Crippen molar-refractivity contribution in [2.75, 3.05) is 0 Å². The first-order valence-electron chi connectivity index (χ1n) is 14.3. The molecule has 0 saturated carbocycles. The number of fused-ring (bicyclic) bond motifs is 7. The largest absolute Gasteiger partial charge is 0.454 e. The highest BCUT2D eigenvalue weighted by atomic mass is 79.9. The lowest BCUT2D eigenvalue weighted by atomic mass is 10.1. The average Bonchev–Trinajstić information content (AvgIpc) is 3.56. The summed E-state index contributed by atoms with van der Waals surface area (Å²) in [5.41, 5.74) is 5.61. The van der Waals surface area contributed by atoms with Crippen LogP contribution in [0.1, 0.15) is 0 Å². The smallest absolute Gasteiger partial charge is 0.238 e. The van der Waals surface area contributed by atoms with Gasteiger partial charge in [-0.25, -0.2) is 4.98 Å². The molecular weight excluding hydrogens is 612 g/mol. The van der Waals surface area contributed by atoms with Crippen LogP contribution in [0.5, 0.6) is 0 Å². The minimum Gasteiger partial charge on any atom is -0.454 e. The number of nitrogens with zero attached hydrogens (tertiary/aromatic N) is 4. The van der Waals surface area contributed by atoms with Gasteiger partial charge in [-0.2, -0.15) is 9.97 Å². The monoisotopic (exact) mass is 638 g/mol. The van der Waals surface area contributed by atoms with Crippen molar-refractivity contribution in [3.8, 4) is 28.7 Å². The van der Waals surface area contributed by atoms with Gasteiger partial charge in [0, 0.05) is 37.1 Å². The maximum Gasteiger partial charge on any atom is 0.238 e. The Kier molecular flexibility index (Phi) is 5.89. The summed E-state index contributed by atoms with van der Waals surface area (Å²) in [5.74, 6) is 1.87. The fraction of sp³-hybridized carbons (Fsp3) is 0.0833. The normalized spacial score (nSPS) is 12.2. The quantitative estimate of drug-likeness (QED) is 0.180. The number of hydrogen-bond donors (Lipinski definition) is 0. The van der Waals surface area contributed by atoms with Crippen LogP contribution in [0.3, 0.4) is 0 Å². The highest BCUT2D eigenvalue weighted by Crippen LogP contribution is 2.40. The molecular formula is C36H27BrN4OSi. The topological polar surface area (TPSA) is 56.7 Å². The van der Waals surface area contributed by atoms with Crippen molar-refractivity contribution in [1.29, 1.82) is 0 Å². The van der Waals surface area contributed by atoms with E-state index in [2.05, 4.69) is 107 Å². The van der Waals surface area contributed by atoms with Crippen LogP contribution in [0.4, 0.5) is 0 Å². The van der Waals surface area contributed by atoms with Gasteiger partial charge in [-0.1, -0.05) is 114 Å². The van der Waals surface area contributed by atoms with E-state index in [1.165, 1.54) is 5.19 Å². The number of para-hydroxylation sites is 1. The predicted octanol–water partition coefficient (Wildman–Crippen LogP) is 9.51. The molecule has 0 saturated heterocycles. The van der Waals surface area contributed by atoms with Crippen molar-refractivity contribution in [3.05, 3.63) is 114 Å². The van der Waals surface area contributed by atoms with Crippen LogP contribution in [-0.2, 0) is 0 Å². The van der Waals surface area contributed by atoms with Gasteiger partial charge in [-0.05, 0) is 35.5 Å². The Hall–Kier alpha value is -4.59. The molecule has 0 spiro atoms. The van der Waals surface area contributed by atoms with E-state index < -0.39 is 8.07 Å². The van der Waals surface area contributed by atoms with Gasteiger partial charge in [-0.15, -0.1) is 0 Å². The van der Waals surface area contributed by atoms with Crippen molar-refractivity contribution in [2.45, 2.75) is 19.6 Å². The lowest BCUT2D eigenvalue weighted by Gasteiger charge is -2.20. The molecule has 0 aliphatic heterocycles. The van der Waals surface area contributed by atoms with E-state index in [0.717, 1.165) is 59.3 Å². The van der Waals surface area contributed by atoms with Gasteiger partial charge < -0.3 is 4.42 Å². The third-order valence-corrected chi connectivity index (χ3v) is 10.6. The third kappa shape index (κ3) is 4.22. The second-order valence-corrected chi connectivity index (χ2v) is 17.8. The molecule has 5 nitrogen and oxygen atoms in total. The van der Waals surface area contributed by atoms with Crippen LogP contribution in [-0.4, -0.2) is 27.6 Å². The second kappa shape index (κ2) is 9.72. The van der Waals surface area contributed by atoms with E-state index >= 15 is 0 Å². The van der Waals surface area contributed by atoms with E-state index in [-0.39, 0.29) is 0 Å². The first-order valence-corrected chi connectivity index (χ1v) is 18.6. The van der Waals surface area contributed by atoms with E-state index in [9.17, 15) is 0 Å². The van der Waals surface area contributed by atoms with E-state index in [1.54, 1.807) is 0 Å². The van der Waals surface area contributed by atoms with Crippen LogP contribution >= 0.6 is 15.9 Å². The fourth-order valence-electron chi connectivity index (χ4n) is 6.09. The second-order valence-electron chi connectivity index (χ2n) is 11.9. The van der Waals surface area contributed by atoms with Gasteiger partial charge in [0.15, 0.2) is 17.2 Å². The molecule has 0 N–H and O–H groups in total. The molecule has 7 heteroatoms. The molecule has 0 aliphatic rings. The van der Waals surface area contributed by atoms with Crippen LogP contribution in [0, 0.1) is 0 Å². The Balaban J connectivity index is 1.52. The molecule has 0 fully saturated rings. The minimum absolute atomic E-state index is 0.560. The first kappa shape index (κ1) is 26.1. The number of halogens is 1. The van der Waals surface area contributed by atoms with Crippen molar-refractivity contribution < 1.29 is 4.42 Å². The minimum atomic E-state index is -1.72. The molecule has 0 atom stereocenters. The number of aromatic nitrogens is 4. The van der Waals surface area contributed by atoms with Crippen molar-refractivity contribution in [2.24, 2.45) is 0 Å². The molecule has 0 amide bonds. The maximum absolute atomic E-state index is 6.58. The standard InChI is InChI=1S/C36H27BrN4OSi/c1-43(2,3)31-16-10-8-14-27(31)35-38-34(22-11-5-4-6-12-22)39-36(40-35)41-29-20-17-23(37)21-28(29)25-18-19-26-24-13-7-9-15-30(24)42-33(26)32(25)41/h4-21H,1-3H3. The van der Waals surface area contributed by atoms with Crippen molar-refractivity contribution in [1.82, 2.24) is 19.5 Å². The molecule has 8 rings (SSSR count). The molecule has 3 heterocycles. The Bertz CT molecular complexity index is 2350. The van der Waals surface area contributed by atoms with Gasteiger partial charge >= 0.3 is 0 Å². The summed E-state index contributed by atoms with van der Waals surface area (Å²) in [4.78, 5) is 15.5. The summed E-state index contributed by atoms with van der Waals surface area (Å²) in [5, 5.41) is 5.64. The highest BCUT2D eigenvalue weighted by Gasteiger charge is 2.25. The summed E-state index contributed by atoms with van der Waals surface area (Å²) in [6.45, 7) is 7.07. The van der Waals surface area contributed by atoms with Gasteiger partial charge in [0.1, 0.15) is 11.1 Å². The first-order chi connectivity index (χ1) is 20.9. The van der Waals surface area contributed by atoms with Gasteiger partial charge in [0.05, 0.1) is 13.6 Å². The molecule has 208 valence electrons. The van der Waals surface area contributed by atoms with Gasteiger partial charge in [0.2, 0.25) is 5.95 Å². The molecule has 0 radical (unpaired) electrons. The average molecular weight is 640 g/mol. The zero-order valence-corrected chi connectivity index (χ0v) is 26.6. The Morgan fingerprint density at radius 1 is 0.651 bits per heavy atom. The lowest BCUT2D eigenvalue weighted by Crippen LogP contribution is -2.39. The maximum atomic E-state index is 6.58. The van der Waals surface area contributed by atoms with Crippen LogP contribution < -0.4 is 5.19 Å². The summed E-state index contributed by atoms with van der Waals surface area (Å²) in [6, 6.07) is 37.6. The molecule has 3 aromatic heterocycles. The van der Waals surface area contributed by atoms with Gasteiger partial charge in [0.25, 0.3) is 0 Å². The lowest BCUT2D eigenvalue weighted by molar-refractivity contribution is 0.670. The number of hydrogen-bond acceptors (Lipinski definition) is 4. The molecule has 0 aliphatic carbocycles. The summed E-state index contributed by atoms with van der Waals surface area (Å²) in [6.07, 6.45) is 0. The number of rotatable bonds is 4. The molecule has 43 heavy (non-hydrogen) atoms. The van der Waals surface area contributed by atoms with Crippen LogP contribution in [0.2, 0.25) is 19.6 Å². The molecule has 5 aromatic carbocycles. The Labute approximate surface area is 258 Å². The van der Waals surface area contributed by atoms with E-state index in [1.807, 2.05) is 42.5 Å². The molecule has 8 aromatic rings. The van der Waals surface area contributed by atoms with Crippen LogP contribution in [0.15, 0.2) is 118 Å². The van der Waals surface area contributed by atoms with Crippen LogP contribution in [0.25, 0.3) is 72.5 Å². The number of furan rings is 1. The zero-order valence-electron chi connectivity index (χ0n) is 24.0. The highest BCUT2D eigenvalue weighted by molar-refractivity contribution is 9.10. The van der Waals surface area contributed by atoms with Crippen molar-refractivity contribution >= 4 is 72.9 Å². The fourth-order valence-corrected chi connectivity index (χ4v) is 8.06.